The van der Waals surface area contributed by atoms with Crippen LogP contribution in [0.25, 0.3) is 0 Å². The molecule has 0 unspecified atom stereocenters. The summed E-state index contributed by atoms with van der Waals surface area (Å²) < 4.78 is 0.765. The highest BCUT2D eigenvalue weighted by Gasteiger charge is 2.14. The van der Waals surface area contributed by atoms with Gasteiger partial charge in [0.05, 0.1) is 10.7 Å². The fourth-order valence-electron chi connectivity index (χ4n) is 1.35. The average molecular weight is 348 g/mol. The summed E-state index contributed by atoms with van der Waals surface area (Å²) in [5.41, 5.74) is 1.29. The van der Waals surface area contributed by atoms with Crippen LogP contribution in [-0.4, -0.2) is 16.1 Å². The fraction of sp³-hybridized carbons (Fsp3) is 0.0909. The predicted octanol–water partition coefficient (Wildman–Crippen LogP) is 4.31. The molecule has 0 bridgehead atoms. The molecule has 2 aromatic rings. The molecule has 0 fully saturated rings. The highest BCUT2D eigenvalue weighted by Crippen LogP contribution is 2.29. The third-order valence-corrected chi connectivity index (χ3v) is 4.44. The van der Waals surface area contributed by atoms with E-state index in [1.807, 2.05) is 0 Å². The molecule has 1 aromatic carbocycles. The summed E-state index contributed by atoms with van der Waals surface area (Å²) in [4.78, 5) is 15.3. The molecule has 1 aromatic heterocycles. The van der Waals surface area contributed by atoms with E-state index in [2.05, 4.69) is 26.2 Å². The summed E-state index contributed by atoms with van der Waals surface area (Å²) >= 11 is 10.3. The van der Waals surface area contributed by atoms with Gasteiger partial charge in [-0.2, -0.15) is 0 Å². The lowest BCUT2D eigenvalue weighted by molar-refractivity contribution is 0.0701. The molecule has 0 aliphatic carbocycles. The third kappa shape index (κ3) is 2.82. The zero-order chi connectivity index (χ0) is 13.3. The lowest BCUT2D eigenvalue weighted by atomic mass is 10.3. The van der Waals surface area contributed by atoms with Crippen molar-refractivity contribution in [2.45, 2.75) is 6.92 Å². The van der Waals surface area contributed by atoms with Crippen molar-refractivity contribution in [3.8, 4) is 0 Å². The van der Waals surface area contributed by atoms with Crippen molar-refractivity contribution in [1.29, 1.82) is 0 Å². The highest BCUT2D eigenvalue weighted by atomic mass is 79.9. The fourth-order valence-corrected chi connectivity index (χ4v) is 2.67. The van der Waals surface area contributed by atoms with Crippen molar-refractivity contribution in [3.05, 3.63) is 38.3 Å². The van der Waals surface area contributed by atoms with Gasteiger partial charge in [0.15, 0.2) is 5.13 Å². The van der Waals surface area contributed by atoms with Crippen LogP contribution in [0, 0.1) is 6.92 Å². The Morgan fingerprint density at radius 3 is 2.83 bits per heavy atom. The van der Waals surface area contributed by atoms with Crippen LogP contribution < -0.4 is 5.32 Å². The molecule has 4 nitrogen and oxygen atoms in total. The summed E-state index contributed by atoms with van der Waals surface area (Å²) in [6, 6.07) is 5.34. The number of anilines is 2. The first-order valence-corrected chi connectivity index (χ1v) is 6.89. The van der Waals surface area contributed by atoms with Gasteiger partial charge in [0, 0.05) is 10.2 Å². The van der Waals surface area contributed by atoms with Gasteiger partial charge in [-0.05, 0) is 41.1 Å². The molecule has 0 amide bonds. The van der Waals surface area contributed by atoms with E-state index in [-0.39, 0.29) is 4.88 Å². The van der Waals surface area contributed by atoms with E-state index >= 15 is 0 Å². The first-order valence-electron chi connectivity index (χ1n) is 4.90. The van der Waals surface area contributed by atoms with Crippen LogP contribution in [0.5, 0.6) is 0 Å². The van der Waals surface area contributed by atoms with Crippen molar-refractivity contribution in [3.63, 3.8) is 0 Å². The Morgan fingerprint density at radius 1 is 1.56 bits per heavy atom. The SMILES string of the molecule is Cc1nc(Nc2ccc(Cl)c(Br)c2)sc1C(=O)O. The van der Waals surface area contributed by atoms with E-state index in [1.54, 1.807) is 25.1 Å². The van der Waals surface area contributed by atoms with E-state index in [9.17, 15) is 4.79 Å². The first-order chi connectivity index (χ1) is 8.47. The zero-order valence-corrected chi connectivity index (χ0v) is 12.4. The van der Waals surface area contributed by atoms with Crippen LogP contribution in [0.4, 0.5) is 10.8 Å². The second kappa shape index (κ2) is 5.26. The molecule has 0 radical (unpaired) electrons. The Kier molecular flexibility index (Phi) is 3.89. The van der Waals surface area contributed by atoms with Gasteiger partial charge in [-0.1, -0.05) is 22.9 Å². The van der Waals surface area contributed by atoms with Gasteiger partial charge < -0.3 is 10.4 Å². The van der Waals surface area contributed by atoms with Crippen LogP contribution in [-0.2, 0) is 0 Å². The molecule has 0 aliphatic heterocycles. The van der Waals surface area contributed by atoms with Crippen molar-refractivity contribution >= 4 is 55.7 Å². The van der Waals surface area contributed by atoms with E-state index in [4.69, 9.17) is 16.7 Å². The maximum absolute atomic E-state index is 10.9. The number of aromatic carboxylic acids is 1. The molecule has 0 saturated carbocycles. The van der Waals surface area contributed by atoms with Crippen LogP contribution in [0.1, 0.15) is 15.4 Å². The Morgan fingerprint density at radius 2 is 2.28 bits per heavy atom. The summed E-state index contributed by atoms with van der Waals surface area (Å²) in [6.07, 6.45) is 0. The number of carbonyl (C=O) groups is 1. The van der Waals surface area contributed by atoms with Gasteiger partial charge in [-0.25, -0.2) is 9.78 Å². The average Bonchev–Trinajstić information content (AvgIpc) is 2.65. The Balaban J connectivity index is 2.26. The predicted molar refractivity (Wildman–Crippen MR) is 76.2 cm³/mol. The van der Waals surface area contributed by atoms with Gasteiger partial charge in [-0.3, -0.25) is 0 Å². The zero-order valence-electron chi connectivity index (χ0n) is 9.20. The number of aromatic nitrogens is 1. The van der Waals surface area contributed by atoms with E-state index in [1.165, 1.54) is 0 Å². The number of rotatable bonds is 3. The third-order valence-electron chi connectivity index (χ3n) is 2.16. The number of thiazole rings is 1. The molecule has 0 aliphatic rings. The van der Waals surface area contributed by atoms with Crippen LogP contribution in [0.3, 0.4) is 0 Å². The second-order valence-corrected chi connectivity index (χ2v) is 5.75. The van der Waals surface area contributed by atoms with Crippen molar-refractivity contribution in [2.75, 3.05) is 5.32 Å². The quantitative estimate of drug-likeness (QED) is 0.868. The standard InChI is InChI=1S/C11H8BrClN2O2S/c1-5-9(10(16)17)18-11(14-5)15-6-2-3-8(13)7(12)4-6/h2-4H,1H3,(H,14,15)(H,16,17). The molecule has 1 heterocycles. The molecule has 0 spiro atoms. The minimum Gasteiger partial charge on any atom is -0.477 e. The molecule has 0 atom stereocenters. The minimum atomic E-state index is -0.963. The van der Waals surface area contributed by atoms with E-state index in [0.717, 1.165) is 21.5 Å². The normalized spacial score (nSPS) is 10.4. The number of carboxylic acids is 1. The lowest BCUT2D eigenvalue weighted by Gasteiger charge is -2.03. The topological polar surface area (TPSA) is 62.2 Å². The van der Waals surface area contributed by atoms with Crippen LogP contribution in [0.2, 0.25) is 5.02 Å². The minimum absolute atomic E-state index is 0.241. The number of hydrogen-bond acceptors (Lipinski definition) is 4. The summed E-state index contributed by atoms with van der Waals surface area (Å²) in [7, 11) is 0. The summed E-state index contributed by atoms with van der Waals surface area (Å²) in [5, 5.41) is 13.1. The molecular weight excluding hydrogens is 340 g/mol. The van der Waals surface area contributed by atoms with Crippen molar-refractivity contribution < 1.29 is 9.90 Å². The lowest BCUT2D eigenvalue weighted by Crippen LogP contribution is -1.94. The van der Waals surface area contributed by atoms with Gasteiger partial charge in [0.1, 0.15) is 4.88 Å². The van der Waals surface area contributed by atoms with Gasteiger partial charge in [0.25, 0.3) is 0 Å². The smallest absolute Gasteiger partial charge is 0.347 e. The van der Waals surface area contributed by atoms with Gasteiger partial charge >= 0.3 is 5.97 Å². The van der Waals surface area contributed by atoms with Crippen molar-refractivity contribution in [1.82, 2.24) is 4.98 Å². The molecule has 18 heavy (non-hydrogen) atoms. The van der Waals surface area contributed by atoms with Gasteiger partial charge in [-0.15, -0.1) is 0 Å². The molecule has 2 N–H and O–H groups in total. The maximum atomic E-state index is 10.9. The molecule has 2 rings (SSSR count). The number of aryl methyl sites for hydroxylation is 1. The molecule has 94 valence electrons. The number of benzene rings is 1. The molecule has 0 saturated heterocycles. The Bertz CT molecular complexity index is 615. The Labute approximate surface area is 121 Å². The molecular formula is C11H8BrClN2O2S. The summed E-state index contributed by atoms with van der Waals surface area (Å²) in [5.74, 6) is -0.963. The highest BCUT2D eigenvalue weighted by molar-refractivity contribution is 9.10. The monoisotopic (exact) mass is 346 g/mol. The Hall–Kier alpha value is -1.11. The van der Waals surface area contributed by atoms with Crippen LogP contribution >= 0.6 is 38.9 Å². The number of hydrogen-bond donors (Lipinski definition) is 2. The maximum Gasteiger partial charge on any atom is 0.347 e. The number of carboxylic acid groups (broad SMARTS) is 1. The second-order valence-electron chi connectivity index (χ2n) is 3.49. The number of halogens is 2. The van der Waals surface area contributed by atoms with E-state index < -0.39 is 5.97 Å². The number of nitrogens with zero attached hydrogens (tertiary/aromatic N) is 1. The van der Waals surface area contributed by atoms with Gasteiger partial charge in [0.2, 0.25) is 0 Å². The first kappa shape index (κ1) is 13.3. The largest absolute Gasteiger partial charge is 0.477 e. The summed E-state index contributed by atoms with van der Waals surface area (Å²) in [6.45, 7) is 1.67. The molecule has 7 heteroatoms. The van der Waals surface area contributed by atoms with Crippen molar-refractivity contribution in [2.24, 2.45) is 0 Å². The van der Waals surface area contributed by atoms with E-state index in [0.29, 0.717) is 15.8 Å². The number of nitrogens with one attached hydrogen (secondary N) is 1. The van der Waals surface area contributed by atoms with Crippen LogP contribution in [0.15, 0.2) is 22.7 Å².